The van der Waals surface area contributed by atoms with Crippen LogP contribution in [-0.4, -0.2) is 14.7 Å². The van der Waals surface area contributed by atoms with E-state index >= 15 is 0 Å². The number of rotatable bonds is 4. The van der Waals surface area contributed by atoms with E-state index in [2.05, 4.69) is 33.0 Å². The average molecular weight is 358 g/mol. The van der Waals surface area contributed by atoms with Gasteiger partial charge in [-0.1, -0.05) is 0 Å². The number of nitro groups is 1. The van der Waals surface area contributed by atoms with Crippen molar-refractivity contribution in [2.24, 2.45) is 7.05 Å². The molecule has 1 aromatic carbocycles. The van der Waals surface area contributed by atoms with E-state index in [9.17, 15) is 10.1 Å². The van der Waals surface area contributed by atoms with Gasteiger partial charge in [-0.3, -0.25) is 14.8 Å². The molecule has 1 aromatic heterocycles. The molecule has 0 radical (unpaired) electrons. The predicted octanol–water partition coefficient (Wildman–Crippen LogP) is 2.55. The monoisotopic (exact) mass is 358 g/mol. The van der Waals surface area contributed by atoms with Gasteiger partial charge >= 0.3 is 0 Å². The third kappa shape index (κ3) is 2.97. The predicted molar refractivity (Wildman–Crippen MR) is 76.3 cm³/mol. The Balaban J connectivity index is 2.08. The van der Waals surface area contributed by atoms with Gasteiger partial charge in [-0.25, -0.2) is 0 Å². The van der Waals surface area contributed by atoms with E-state index in [1.807, 2.05) is 19.3 Å². The van der Waals surface area contributed by atoms with Gasteiger partial charge in [0.2, 0.25) is 0 Å². The van der Waals surface area contributed by atoms with Gasteiger partial charge in [0.1, 0.15) is 0 Å². The molecule has 0 atom stereocenters. The van der Waals surface area contributed by atoms with E-state index in [0.29, 0.717) is 6.54 Å². The van der Waals surface area contributed by atoms with Crippen LogP contribution >= 0.6 is 22.6 Å². The molecule has 1 heterocycles. The highest BCUT2D eigenvalue weighted by Crippen LogP contribution is 2.23. The molecule has 94 valence electrons. The first kappa shape index (κ1) is 12.8. The van der Waals surface area contributed by atoms with E-state index in [1.54, 1.807) is 16.8 Å². The fraction of sp³-hybridized carbons (Fsp3) is 0.182. The summed E-state index contributed by atoms with van der Waals surface area (Å²) < 4.78 is 2.55. The Kier molecular flexibility index (Phi) is 3.80. The SMILES string of the molecule is Cn1ccc(CNc2ccc([N+](=O)[O-])cc2I)n1. The van der Waals surface area contributed by atoms with Crippen molar-refractivity contribution in [2.45, 2.75) is 6.54 Å². The molecule has 7 heteroatoms. The van der Waals surface area contributed by atoms with Crippen LogP contribution in [0.1, 0.15) is 5.69 Å². The molecule has 1 N–H and O–H groups in total. The smallest absolute Gasteiger partial charge is 0.270 e. The van der Waals surface area contributed by atoms with Gasteiger partial charge in [0.15, 0.2) is 0 Å². The quantitative estimate of drug-likeness (QED) is 0.518. The fourth-order valence-electron chi connectivity index (χ4n) is 1.50. The molecule has 0 aliphatic carbocycles. The van der Waals surface area contributed by atoms with E-state index in [0.717, 1.165) is 15.0 Å². The second-order valence-electron chi connectivity index (χ2n) is 3.76. The van der Waals surface area contributed by atoms with E-state index < -0.39 is 4.92 Å². The molecule has 0 fully saturated rings. The van der Waals surface area contributed by atoms with Crippen LogP contribution in [0.15, 0.2) is 30.5 Å². The van der Waals surface area contributed by atoms with E-state index in [-0.39, 0.29) is 5.69 Å². The molecule has 0 saturated carbocycles. The summed E-state index contributed by atoms with van der Waals surface area (Å²) in [5.41, 5.74) is 1.89. The summed E-state index contributed by atoms with van der Waals surface area (Å²) in [6.07, 6.45) is 1.87. The van der Waals surface area contributed by atoms with Crippen LogP contribution in [0.3, 0.4) is 0 Å². The number of nitrogens with one attached hydrogen (secondary N) is 1. The summed E-state index contributed by atoms with van der Waals surface area (Å²) in [5.74, 6) is 0. The van der Waals surface area contributed by atoms with Gasteiger partial charge in [-0.2, -0.15) is 5.10 Å². The third-order valence-corrected chi connectivity index (χ3v) is 3.28. The lowest BCUT2D eigenvalue weighted by Gasteiger charge is -2.06. The van der Waals surface area contributed by atoms with Crippen LogP contribution in [0.5, 0.6) is 0 Å². The standard InChI is InChI=1S/C11H11IN4O2/c1-15-5-4-8(14-15)7-13-11-3-2-9(16(17)18)6-10(11)12/h2-6,13H,7H2,1H3. The molecule has 2 aromatic rings. The fourth-order valence-corrected chi connectivity index (χ4v) is 2.19. The largest absolute Gasteiger partial charge is 0.378 e. The first-order chi connectivity index (χ1) is 8.56. The lowest BCUT2D eigenvalue weighted by atomic mass is 10.3. The molecular formula is C11H11IN4O2. The van der Waals surface area contributed by atoms with Crippen molar-refractivity contribution in [1.29, 1.82) is 0 Å². The zero-order chi connectivity index (χ0) is 13.1. The number of aromatic nitrogens is 2. The second-order valence-corrected chi connectivity index (χ2v) is 4.92. The Morgan fingerprint density at radius 3 is 2.83 bits per heavy atom. The zero-order valence-electron chi connectivity index (χ0n) is 9.63. The van der Waals surface area contributed by atoms with Gasteiger partial charge in [0, 0.05) is 34.6 Å². The highest BCUT2D eigenvalue weighted by atomic mass is 127. The van der Waals surface area contributed by atoms with E-state index in [1.165, 1.54) is 6.07 Å². The summed E-state index contributed by atoms with van der Waals surface area (Å²) in [6, 6.07) is 6.67. The van der Waals surface area contributed by atoms with Crippen molar-refractivity contribution in [3.8, 4) is 0 Å². The molecule has 0 saturated heterocycles. The van der Waals surface area contributed by atoms with E-state index in [4.69, 9.17) is 0 Å². The van der Waals surface area contributed by atoms with Crippen LogP contribution < -0.4 is 5.32 Å². The van der Waals surface area contributed by atoms with Crippen molar-refractivity contribution in [3.63, 3.8) is 0 Å². The second kappa shape index (κ2) is 5.34. The molecule has 2 rings (SSSR count). The lowest BCUT2D eigenvalue weighted by Crippen LogP contribution is -2.03. The summed E-state index contributed by atoms with van der Waals surface area (Å²) in [5, 5.41) is 18.1. The Labute approximate surface area is 117 Å². The number of hydrogen-bond donors (Lipinski definition) is 1. The minimum Gasteiger partial charge on any atom is -0.378 e. The van der Waals surface area contributed by atoms with Crippen molar-refractivity contribution < 1.29 is 4.92 Å². The Morgan fingerprint density at radius 1 is 1.50 bits per heavy atom. The highest BCUT2D eigenvalue weighted by molar-refractivity contribution is 14.1. The molecular weight excluding hydrogens is 347 g/mol. The first-order valence-corrected chi connectivity index (χ1v) is 6.30. The Hall–Kier alpha value is -1.64. The summed E-state index contributed by atoms with van der Waals surface area (Å²) in [6.45, 7) is 0.592. The van der Waals surface area contributed by atoms with Crippen LogP contribution in [0.25, 0.3) is 0 Å². The molecule has 0 amide bonds. The molecule has 0 aliphatic rings. The maximum atomic E-state index is 10.6. The maximum absolute atomic E-state index is 10.6. The molecule has 6 nitrogen and oxygen atoms in total. The Morgan fingerprint density at radius 2 is 2.28 bits per heavy atom. The summed E-state index contributed by atoms with van der Waals surface area (Å²) in [4.78, 5) is 10.2. The summed E-state index contributed by atoms with van der Waals surface area (Å²) in [7, 11) is 1.86. The third-order valence-electron chi connectivity index (χ3n) is 2.39. The highest BCUT2D eigenvalue weighted by Gasteiger charge is 2.08. The van der Waals surface area contributed by atoms with Crippen LogP contribution in [0, 0.1) is 13.7 Å². The minimum absolute atomic E-state index is 0.0998. The summed E-state index contributed by atoms with van der Waals surface area (Å²) >= 11 is 2.07. The number of nitro benzene ring substituents is 1. The molecule has 0 unspecified atom stereocenters. The normalized spacial score (nSPS) is 10.3. The number of non-ortho nitro benzene ring substituents is 1. The zero-order valence-corrected chi connectivity index (χ0v) is 11.8. The Bertz CT molecular complexity index is 582. The number of nitrogens with zero attached hydrogens (tertiary/aromatic N) is 3. The number of aryl methyl sites for hydroxylation is 1. The van der Waals surface area contributed by atoms with Crippen LogP contribution in [-0.2, 0) is 13.6 Å². The number of hydrogen-bond acceptors (Lipinski definition) is 4. The number of benzene rings is 1. The van der Waals surface area contributed by atoms with Gasteiger partial charge in [-0.15, -0.1) is 0 Å². The molecule has 0 aliphatic heterocycles. The van der Waals surface area contributed by atoms with Crippen LogP contribution in [0.4, 0.5) is 11.4 Å². The number of halogens is 1. The minimum atomic E-state index is -0.398. The molecule has 0 spiro atoms. The van der Waals surface area contributed by atoms with Crippen LogP contribution in [0.2, 0.25) is 0 Å². The van der Waals surface area contributed by atoms with Crippen molar-refractivity contribution in [2.75, 3.05) is 5.32 Å². The molecule has 18 heavy (non-hydrogen) atoms. The van der Waals surface area contributed by atoms with Crippen molar-refractivity contribution >= 4 is 34.0 Å². The van der Waals surface area contributed by atoms with Gasteiger partial charge < -0.3 is 5.32 Å². The maximum Gasteiger partial charge on any atom is 0.270 e. The van der Waals surface area contributed by atoms with Crippen molar-refractivity contribution in [3.05, 3.63) is 49.8 Å². The first-order valence-electron chi connectivity index (χ1n) is 5.22. The van der Waals surface area contributed by atoms with Gasteiger partial charge in [0.05, 0.1) is 17.2 Å². The molecule has 0 bridgehead atoms. The topological polar surface area (TPSA) is 73.0 Å². The van der Waals surface area contributed by atoms with Crippen molar-refractivity contribution in [1.82, 2.24) is 9.78 Å². The number of anilines is 1. The average Bonchev–Trinajstić information content (AvgIpc) is 2.73. The lowest BCUT2D eigenvalue weighted by molar-refractivity contribution is -0.384. The van der Waals surface area contributed by atoms with Gasteiger partial charge in [-0.05, 0) is 34.7 Å². The van der Waals surface area contributed by atoms with Gasteiger partial charge in [0.25, 0.3) is 5.69 Å².